The number of phenolic OH excluding ortho intramolecular Hbond substituents is 1. The van der Waals surface area contributed by atoms with Crippen molar-refractivity contribution in [2.24, 2.45) is 7.05 Å². The summed E-state index contributed by atoms with van der Waals surface area (Å²) in [6.45, 7) is -0.379. The minimum absolute atomic E-state index is 0.0884. The molecule has 14 nitrogen and oxygen atoms in total. The third kappa shape index (κ3) is 4.84. The van der Waals surface area contributed by atoms with Gasteiger partial charge in [0.15, 0.2) is 23.1 Å². The molecule has 0 spiro atoms. The number of aryl methyl sites for hydroxylation is 2. The molecule has 4 aromatic rings. The van der Waals surface area contributed by atoms with Gasteiger partial charge in [-0.3, -0.25) is 14.4 Å². The maximum absolute atomic E-state index is 14.2. The second-order valence-electron chi connectivity index (χ2n) is 12.6. The Morgan fingerprint density at radius 3 is 2.25 bits per heavy atom. The summed E-state index contributed by atoms with van der Waals surface area (Å²) in [6, 6.07) is 6.42. The topological polar surface area (TPSA) is 166 Å². The summed E-state index contributed by atoms with van der Waals surface area (Å²) in [4.78, 5) is 69.2. The van der Waals surface area contributed by atoms with E-state index in [0.29, 0.717) is 28.1 Å². The van der Waals surface area contributed by atoms with Crippen molar-refractivity contribution in [3.8, 4) is 23.0 Å². The van der Waals surface area contributed by atoms with Crippen molar-refractivity contribution in [3.63, 3.8) is 0 Å². The van der Waals surface area contributed by atoms with E-state index in [-0.39, 0.29) is 42.3 Å². The van der Waals surface area contributed by atoms with Crippen LogP contribution in [0.15, 0.2) is 66.4 Å². The van der Waals surface area contributed by atoms with Crippen molar-refractivity contribution < 1.29 is 28.9 Å². The highest BCUT2D eigenvalue weighted by atomic mass is 35.5. The van der Waals surface area contributed by atoms with Gasteiger partial charge in [-0.25, -0.2) is 28.5 Å². The summed E-state index contributed by atoms with van der Waals surface area (Å²) >= 11 is 26.9. The van der Waals surface area contributed by atoms with Crippen LogP contribution in [0, 0.1) is 0 Å². The Bertz CT molecular complexity index is 2500. The molecule has 52 heavy (non-hydrogen) atoms. The number of nitrogens with zero attached hydrogens (tertiary/aromatic N) is 5. The fraction of sp³-hybridized carbons (Fsp3) is 0.353. The lowest BCUT2D eigenvalue weighted by atomic mass is 9.59. The highest BCUT2D eigenvalue weighted by Crippen LogP contribution is 2.64. The number of ether oxygens (including phenoxy) is 3. The molecule has 1 fully saturated rings. The second-order valence-corrected chi connectivity index (χ2v) is 14.6. The molecule has 4 atom stereocenters. The quantitative estimate of drug-likeness (QED) is 0.216. The summed E-state index contributed by atoms with van der Waals surface area (Å²) in [5.74, 6) is -2.47. The van der Waals surface area contributed by atoms with E-state index >= 15 is 0 Å². The van der Waals surface area contributed by atoms with Gasteiger partial charge in [-0.15, -0.1) is 23.2 Å². The Morgan fingerprint density at radius 1 is 0.923 bits per heavy atom. The van der Waals surface area contributed by atoms with Crippen LogP contribution in [-0.4, -0.2) is 71.2 Å². The summed E-state index contributed by atoms with van der Waals surface area (Å²) in [6.07, 6.45) is 1.07. The number of aromatic nitrogens is 5. The molecule has 2 aliphatic carbocycles. The number of hydrogen-bond donors (Lipinski definition) is 1. The monoisotopic (exact) mass is 791 g/mol. The maximum atomic E-state index is 14.2. The molecule has 2 aromatic heterocycles. The molecule has 18 heteroatoms. The summed E-state index contributed by atoms with van der Waals surface area (Å²) in [5, 5.41) is 9.98. The van der Waals surface area contributed by atoms with E-state index < -0.39 is 66.7 Å². The number of carbonyl (C=O) groups is 2. The van der Waals surface area contributed by atoms with Crippen LogP contribution in [0.3, 0.4) is 0 Å². The van der Waals surface area contributed by atoms with Crippen LogP contribution < -0.4 is 31.1 Å². The van der Waals surface area contributed by atoms with E-state index in [1.165, 1.54) is 48.8 Å². The molecule has 1 saturated carbocycles. The zero-order valence-corrected chi connectivity index (χ0v) is 30.9. The molecule has 0 amide bonds. The fourth-order valence-corrected chi connectivity index (χ4v) is 9.05. The van der Waals surface area contributed by atoms with Gasteiger partial charge in [0.1, 0.15) is 37.0 Å². The second kappa shape index (κ2) is 12.6. The molecule has 7 rings (SSSR count). The summed E-state index contributed by atoms with van der Waals surface area (Å²) in [5.41, 5.74) is -0.498. The van der Waals surface area contributed by atoms with Crippen molar-refractivity contribution in [1.82, 2.24) is 23.5 Å². The van der Waals surface area contributed by atoms with Crippen LogP contribution in [0.25, 0.3) is 11.0 Å². The number of fused-ring (bicyclic) bond motifs is 5. The molecule has 1 aliphatic heterocycles. The molecule has 3 aliphatic rings. The number of aromatic hydroxyl groups is 1. The van der Waals surface area contributed by atoms with Gasteiger partial charge < -0.3 is 23.9 Å². The van der Waals surface area contributed by atoms with E-state index in [0.717, 1.165) is 9.25 Å². The van der Waals surface area contributed by atoms with Crippen LogP contribution in [-0.2, 0) is 36.1 Å². The number of Topliss-reactive ketones (excluding diaryl/α,β-unsaturated/α-hetero) is 2. The van der Waals surface area contributed by atoms with Gasteiger partial charge in [-0.2, -0.15) is 0 Å². The Kier molecular flexibility index (Phi) is 8.68. The number of alkyl halides is 2. The van der Waals surface area contributed by atoms with Crippen LogP contribution in [0.1, 0.15) is 29.6 Å². The zero-order valence-electron chi connectivity index (χ0n) is 27.9. The average molecular weight is 793 g/mol. The maximum Gasteiger partial charge on any atom is 0.347 e. The number of phenols is 1. The molecule has 0 saturated heterocycles. The van der Waals surface area contributed by atoms with E-state index in [1.807, 2.05) is 0 Å². The van der Waals surface area contributed by atoms with E-state index in [9.17, 15) is 29.1 Å². The van der Waals surface area contributed by atoms with Crippen molar-refractivity contribution in [3.05, 3.63) is 94.6 Å². The first-order chi connectivity index (χ1) is 24.6. The standard InChI is InChI=1S/C34H29Cl4N5O9/c1-40-20-13-24(52-4)23(51-3)12-19(20)39-18(30(40)47)8-9-41-31(48)42-10-7-16-21(43(42)32(41)49)14-33(37)28(45)26(35)27(36)29(46)34(33,38)25(16)17-6-5-15(50-2)11-22(17)44/h5-7,11-13,21,25,44H,8-10,14H2,1-4H3/t21-,25-,33-,34+/m1/s1. The van der Waals surface area contributed by atoms with Gasteiger partial charge in [0, 0.05) is 56.1 Å². The molecule has 1 N–H and O–H groups in total. The number of carbonyl (C=O) groups excluding carboxylic acids is 2. The van der Waals surface area contributed by atoms with Crippen molar-refractivity contribution in [2.45, 2.75) is 47.6 Å². The highest BCUT2D eigenvalue weighted by molar-refractivity contribution is 6.66. The van der Waals surface area contributed by atoms with Gasteiger partial charge >= 0.3 is 11.4 Å². The average Bonchev–Trinajstić information content (AvgIpc) is 3.38. The number of hydrogen-bond acceptors (Lipinski definition) is 10. The van der Waals surface area contributed by atoms with Crippen molar-refractivity contribution in [2.75, 3.05) is 21.3 Å². The van der Waals surface area contributed by atoms with Crippen LogP contribution in [0.5, 0.6) is 23.0 Å². The molecule has 2 aromatic carbocycles. The predicted molar refractivity (Wildman–Crippen MR) is 192 cm³/mol. The van der Waals surface area contributed by atoms with Crippen LogP contribution >= 0.6 is 46.4 Å². The van der Waals surface area contributed by atoms with Gasteiger partial charge in [-0.1, -0.05) is 35.3 Å². The van der Waals surface area contributed by atoms with E-state index in [2.05, 4.69) is 4.98 Å². The molecule has 0 unspecified atom stereocenters. The number of benzene rings is 2. The molecular formula is C34H29Cl4N5O9. The number of rotatable bonds is 7. The van der Waals surface area contributed by atoms with E-state index in [4.69, 9.17) is 60.6 Å². The lowest BCUT2D eigenvalue weighted by molar-refractivity contribution is -0.128. The molecular weight excluding hydrogens is 764 g/mol. The minimum Gasteiger partial charge on any atom is -0.508 e. The SMILES string of the molecule is COc1ccc([C@H]2C3=CCn4c(=O)n(CCc5nc6cc(OC)c(OC)cc6n(C)c5=O)c(=O)n4[C@@H]3C[C@@]3(Cl)C(=O)C(Cl)=C(Cl)C(=O)[C@@]23Cl)c(O)c1. The predicted octanol–water partition coefficient (Wildman–Crippen LogP) is 3.50. The first-order valence-electron chi connectivity index (χ1n) is 15.8. The third-order valence-electron chi connectivity index (χ3n) is 10.2. The lowest BCUT2D eigenvalue weighted by Gasteiger charge is -2.54. The minimum atomic E-state index is -2.31. The van der Waals surface area contributed by atoms with Gasteiger partial charge in [-0.05, 0) is 11.6 Å². The van der Waals surface area contributed by atoms with Crippen LogP contribution in [0.2, 0.25) is 0 Å². The normalized spacial score (nSPS) is 24.0. The van der Waals surface area contributed by atoms with Gasteiger partial charge in [0.2, 0.25) is 0 Å². The zero-order chi connectivity index (χ0) is 37.6. The highest BCUT2D eigenvalue weighted by Gasteiger charge is 2.71. The first-order valence-corrected chi connectivity index (χ1v) is 17.3. The number of allylic oxidation sites excluding steroid dienone is 4. The fourth-order valence-electron chi connectivity index (χ4n) is 7.54. The van der Waals surface area contributed by atoms with E-state index in [1.54, 1.807) is 25.3 Å². The Morgan fingerprint density at radius 2 is 1.60 bits per heavy atom. The van der Waals surface area contributed by atoms with Crippen molar-refractivity contribution >= 4 is 69.0 Å². The Hall–Kier alpha value is -4.50. The summed E-state index contributed by atoms with van der Waals surface area (Å²) < 4.78 is 20.6. The number of ketones is 2. The third-order valence-corrected chi connectivity index (χ3v) is 12.4. The van der Waals surface area contributed by atoms with Gasteiger partial charge in [0.25, 0.3) is 5.56 Å². The first kappa shape index (κ1) is 35.9. The Labute approximate surface area is 313 Å². The number of halogens is 4. The van der Waals surface area contributed by atoms with Crippen LogP contribution in [0.4, 0.5) is 0 Å². The van der Waals surface area contributed by atoms with Crippen molar-refractivity contribution in [1.29, 1.82) is 0 Å². The lowest BCUT2D eigenvalue weighted by Crippen LogP contribution is -2.67. The molecule has 0 bridgehead atoms. The smallest absolute Gasteiger partial charge is 0.347 e. The molecule has 0 radical (unpaired) electrons. The summed E-state index contributed by atoms with van der Waals surface area (Å²) in [7, 11) is 5.91. The largest absolute Gasteiger partial charge is 0.508 e. The van der Waals surface area contributed by atoms with Gasteiger partial charge in [0.05, 0.1) is 44.9 Å². The number of methoxy groups -OCH3 is 3. The Balaban J connectivity index is 1.34. The molecule has 3 heterocycles. The molecule has 272 valence electrons.